The number of fused-ring (bicyclic) bond motifs is 1. The Labute approximate surface area is 132 Å². The highest BCUT2D eigenvalue weighted by molar-refractivity contribution is 5.59. The monoisotopic (exact) mass is 297 g/mol. The molecule has 0 radical (unpaired) electrons. The van der Waals surface area contributed by atoms with E-state index in [0.717, 1.165) is 23.3 Å². The number of β-amino-alcohol motifs (C(OH)–C–C–N with tert-alkyl or cyclic N) is 1. The molecule has 2 aromatic carbocycles. The molecule has 22 heavy (non-hydrogen) atoms. The van der Waals surface area contributed by atoms with Gasteiger partial charge in [0.2, 0.25) is 0 Å². The van der Waals surface area contributed by atoms with Gasteiger partial charge in [0, 0.05) is 18.3 Å². The van der Waals surface area contributed by atoms with Crippen LogP contribution < -0.4 is 9.64 Å². The summed E-state index contributed by atoms with van der Waals surface area (Å²) >= 11 is 0. The number of aliphatic hydroxyl groups excluding tert-OH is 1. The van der Waals surface area contributed by atoms with Crippen LogP contribution in [-0.4, -0.2) is 24.8 Å². The van der Waals surface area contributed by atoms with Crippen molar-refractivity contribution in [1.29, 1.82) is 0 Å². The molecule has 116 valence electrons. The van der Waals surface area contributed by atoms with Crippen molar-refractivity contribution in [2.24, 2.45) is 0 Å². The number of aryl methyl sites for hydroxylation is 1. The molecule has 2 unspecified atom stereocenters. The lowest BCUT2D eigenvalue weighted by atomic mass is 10.0. The summed E-state index contributed by atoms with van der Waals surface area (Å²) in [6.07, 6.45) is 0.545. The Morgan fingerprint density at radius 3 is 2.77 bits per heavy atom. The second-order valence-corrected chi connectivity index (χ2v) is 6.08. The van der Waals surface area contributed by atoms with Gasteiger partial charge in [0.25, 0.3) is 0 Å². The van der Waals surface area contributed by atoms with E-state index < -0.39 is 6.10 Å². The smallest absolute Gasteiger partial charge is 0.121 e. The molecule has 0 saturated heterocycles. The molecule has 2 atom stereocenters. The fourth-order valence-electron chi connectivity index (χ4n) is 3.31. The molecule has 1 N–H and O–H groups in total. The number of para-hydroxylation sites is 1. The summed E-state index contributed by atoms with van der Waals surface area (Å²) < 4.78 is 5.28. The third-order valence-electron chi connectivity index (χ3n) is 4.52. The van der Waals surface area contributed by atoms with E-state index in [4.69, 9.17) is 4.74 Å². The predicted molar refractivity (Wildman–Crippen MR) is 89.6 cm³/mol. The maximum Gasteiger partial charge on any atom is 0.121 e. The fourth-order valence-corrected chi connectivity index (χ4v) is 3.31. The minimum Gasteiger partial charge on any atom is -0.496 e. The first-order valence-electron chi connectivity index (χ1n) is 7.77. The number of rotatable bonds is 4. The van der Waals surface area contributed by atoms with Gasteiger partial charge in [-0.2, -0.15) is 0 Å². The van der Waals surface area contributed by atoms with Gasteiger partial charge in [-0.05, 0) is 55.2 Å². The minimum absolute atomic E-state index is 0.423. The molecule has 3 heteroatoms. The van der Waals surface area contributed by atoms with Gasteiger partial charge >= 0.3 is 0 Å². The average Bonchev–Trinajstić information content (AvgIpc) is 2.83. The van der Waals surface area contributed by atoms with Gasteiger partial charge < -0.3 is 14.7 Å². The maximum atomic E-state index is 10.6. The summed E-state index contributed by atoms with van der Waals surface area (Å²) in [7, 11) is 1.67. The van der Waals surface area contributed by atoms with E-state index in [1.807, 2.05) is 25.1 Å². The zero-order valence-corrected chi connectivity index (χ0v) is 13.4. The third-order valence-corrected chi connectivity index (χ3v) is 4.52. The first-order valence-corrected chi connectivity index (χ1v) is 7.77. The number of ether oxygens (including phenoxy) is 1. The number of methoxy groups -OCH3 is 1. The Kier molecular flexibility index (Phi) is 4.08. The Morgan fingerprint density at radius 2 is 2.05 bits per heavy atom. The minimum atomic E-state index is -0.502. The van der Waals surface area contributed by atoms with Crippen LogP contribution in [0.5, 0.6) is 5.75 Å². The van der Waals surface area contributed by atoms with Gasteiger partial charge in [-0.25, -0.2) is 0 Å². The van der Waals surface area contributed by atoms with Crippen molar-refractivity contribution in [3.63, 3.8) is 0 Å². The highest BCUT2D eigenvalue weighted by atomic mass is 16.5. The Balaban J connectivity index is 1.80. The summed E-state index contributed by atoms with van der Waals surface area (Å²) in [5, 5.41) is 10.6. The van der Waals surface area contributed by atoms with Gasteiger partial charge in [0.1, 0.15) is 5.75 Å². The van der Waals surface area contributed by atoms with E-state index in [0.29, 0.717) is 12.6 Å². The largest absolute Gasteiger partial charge is 0.496 e. The van der Waals surface area contributed by atoms with Crippen LogP contribution >= 0.6 is 0 Å². The van der Waals surface area contributed by atoms with Gasteiger partial charge in [-0.3, -0.25) is 0 Å². The van der Waals surface area contributed by atoms with Crippen LogP contribution in [0.1, 0.15) is 29.7 Å². The van der Waals surface area contributed by atoms with Crippen LogP contribution in [-0.2, 0) is 6.42 Å². The van der Waals surface area contributed by atoms with Gasteiger partial charge in [-0.15, -0.1) is 0 Å². The highest BCUT2D eigenvalue weighted by Gasteiger charge is 2.27. The number of benzene rings is 2. The lowest BCUT2D eigenvalue weighted by Crippen LogP contribution is -2.33. The van der Waals surface area contributed by atoms with Crippen molar-refractivity contribution >= 4 is 5.69 Å². The Bertz CT molecular complexity index is 668. The maximum absolute atomic E-state index is 10.6. The molecular formula is C19H23NO2. The van der Waals surface area contributed by atoms with Crippen LogP contribution in [0.4, 0.5) is 5.69 Å². The summed E-state index contributed by atoms with van der Waals surface area (Å²) in [5.74, 6) is 0.857. The number of anilines is 1. The molecule has 0 spiro atoms. The van der Waals surface area contributed by atoms with Gasteiger partial charge in [-0.1, -0.05) is 24.3 Å². The molecule has 3 nitrogen and oxygen atoms in total. The zero-order valence-electron chi connectivity index (χ0n) is 13.4. The quantitative estimate of drug-likeness (QED) is 0.937. The van der Waals surface area contributed by atoms with Crippen molar-refractivity contribution in [2.45, 2.75) is 32.4 Å². The van der Waals surface area contributed by atoms with E-state index in [1.54, 1.807) is 7.11 Å². The summed E-state index contributed by atoms with van der Waals surface area (Å²) in [5.41, 5.74) is 4.61. The first-order chi connectivity index (χ1) is 10.6. The van der Waals surface area contributed by atoms with E-state index in [2.05, 4.69) is 36.1 Å². The van der Waals surface area contributed by atoms with Crippen LogP contribution in [0.2, 0.25) is 0 Å². The number of hydrogen-bond donors (Lipinski definition) is 1. The molecule has 0 amide bonds. The SMILES string of the molecule is COc1ccc(C(O)CN2c3ccccc3CC2C)cc1C. The second kappa shape index (κ2) is 6.01. The Morgan fingerprint density at radius 1 is 1.27 bits per heavy atom. The lowest BCUT2D eigenvalue weighted by molar-refractivity contribution is 0.181. The van der Waals surface area contributed by atoms with Crippen LogP contribution in [0.3, 0.4) is 0 Å². The third kappa shape index (κ3) is 2.69. The van der Waals surface area contributed by atoms with Gasteiger partial charge in [0.15, 0.2) is 0 Å². The summed E-state index contributed by atoms with van der Waals surface area (Å²) in [4.78, 5) is 2.31. The fraction of sp³-hybridized carbons (Fsp3) is 0.368. The molecule has 0 aliphatic carbocycles. The topological polar surface area (TPSA) is 32.7 Å². The van der Waals surface area contributed by atoms with E-state index in [9.17, 15) is 5.11 Å². The summed E-state index contributed by atoms with van der Waals surface area (Å²) in [6.45, 7) is 4.83. The van der Waals surface area contributed by atoms with E-state index in [-0.39, 0.29) is 0 Å². The zero-order chi connectivity index (χ0) is 15.7. The molecule has 0 saturated carbocycles. The molecule has 0 fully saturated rings. The molecule has 0 aromatic heterocycles. The number of aliphatic hydroxyl groups is 1. The van der Waals surface area contributed by atoms with Crippen molar-refractivity contribution in [2.75, 3.05) is 18.6 Å². The predicted octanol–water partition coefficient (Wildman–Crippen LogP) is 3.49. The van der Waals surface area contributed by atoms with Crippen molar-refractivity contribution in [3.8, 4) is 5.75 Å². The van der Waals surface area contributed by atoms with Crippen molar-refractivity contribution < 1.29 is 9.84 Å². The van der Waals surface area contributed by atoms with Gasteiger partial charge in [0.05, 0.1) is 13.2 Å². The number of nitrogens with zero attached hydrogens (tertiary/aromatic N) is 1. The lowest BCUT2D eigenvalue weighted by Gasteiger charge is -2.28. The molecule has 1 aliphatic rings. The standard InChI is InChI=1S/C19H23NO2/c1-13-10-16(8-9-19(13)22-3)18(21)12-20-14(2)11-15-6-4-5-7-17(15)20/h4-10,14,18,21H,11-12H2,1-3H3. The number of hydrogen-bond acceptors (Lipinski definition) is 3. The second-order valence-electron chi connectivity index (χ2n) is 6.08. The molecule has 2 aromatic rings. The average molecular weight is 297 g/mol. The van der Waals surface area contributed by atoms with Crippen molar-refractivity contribution in [1.82, 2.24) is 0 Å². The molecule has 1 heterocycles. The highest BCUT2D eigenvalue weighted by Crippen LogP contribution is 2.33. The Hall–Kier alpha value is -2.00. The van der Waals surface area contributed by atoms with Crippen LogP contribution in [0.15, 0.2) is 42.5 Å². The summed E-state index contributed by atoms with van der Waals surface area (Å²) in [6, 6.07) is 14.8. The normalized spacial score (nSPS) is 18.2. The van der Waals surface area contributed by atoms with Crippen LogP contribution in [0.25, 0.3) is 0 Å². The molecular weight excluding hydrogens is 274 g/mol. The van der Waals surface area contributed by atoms with Crippen molar-refractivity contribution in [3.05, 3.63) is 59.2 Å². The van der Waals surface area contributed by atoms with Crippen LogP contribution in [0, 0.1) is 6.92 Å². The molecule has 0 bridgehead atoms. The van der Waals surface area contributed by atoms with E-state index >= 15 is 0 Å². The first kappa shape index (κ1) is 14.9. The molecule has 1 aliphatic heterocycles. The molecule has 3 rings (SSSR count). The van der Waals surface area contributed by atoms with E-state index in [1.165, 1.54) is 11.3 Å².